The number of ether oxygens (including phenoxy) is 1. The van der Waals surface area contributed by atoms with Crippen LogP contribution in [0.15, 0.2) is 24.3 Å². The highest BCUT2D eigenvalue weighted by Gasteiger charge is 2.07. The van der Waals surface area contributed by atoms with Crippen molar-refractivity contribution in [2.45, 2.75) is 33.2 Å². The first-order valence-electron chi connectivity index (χ1n) is 5.72. The topological polar surface area (TPSA) is 55.4 Å². The predicted octanol–water partition coefficient (Wildman–Crippen LogP) is 2.03. The zero-order valence-corrected chi connectivity index (χ0v) is 10.2. The molecular formula is C13H17NO3. The maximum atomic E-state index is 11.2. The number of para-hydroxylation sites is 1. The van der Waals surface area contributed by atoms with Crippen molar-refractivity contribution in [1.29, 1.82) is 0 Å². The fraction of sp³-hybridized carbons (Fsp3) is 0.385. The number of hydrogen-bond donors (Lipinski definition) is 1. The molecule has 17 heavy (non-hydrogen) atoms. The lowest BCUT2D eigenvalue weighted by Gasteiger charge is -2.10. The first kappa shape index (κ1) is 13.2. The van der Waals surface area contributed by atoms with Gasteiger partial charge in [-0.05, 0) is 6.07 Å². The molecule has 1 amide bonds. The fourth-order valence-corrected chi connectivity index (χ4v) is 1.26. The van der Waals surface area contributed by atoms with Gasteiger partial charge in [0.15, 0.2) is 0 Å². The third-order valence-electron chi connectivity index (χ3n) is 2.28. The zero-order valence-electron chi connectivity index (χ0n) is 10.2. The van der Waals surface area contributed by atoms with Gasteiger partial charge in [-0.3, -0.25) is 9.59 Å². The maximum absolute atomic E-state index is 11.2. The standard InChI is InChI=1S/C13H17NO3/c1-3-12(15)14-9-10-7-5-6-8-11(10)17-13(16)4-2/h5-8H,3-4,9H2,1-2H3,(H,14,15). The van der Waals surface area contributed by atoms with Gasteiger partial charge >= 0.3 is 5.97 Å². The van der Waals surface area contributed by atoms with Crippen molar-refractivity contribution in [3.63, 3.8) is 0 Å². The summed E-state index contributed by atoms with van der Waals surface area (Å²) in [4.78, 5) is 22.4. The number of nitrogens with one attached hydrogen (secondary N) is 1. The average molecular weight is 235 g/mol. The van der Waals surface area contributed by atoms with Crippen LogP contribution in [0.25, 0.3) is 0 Å². The first-order valence-corrected chi connectivity index (χ1v) is 5.72. The van der Waals surface area contributed by atoms with E-state index in [1.807, 2.05) is 12.1 Å². The summed E-state index contributed by atoms with van der Waals surface area (Å²) in [7, 11) is 0. The number of carbonyl (C=O) groups excluding carboxylic acids is 2. The summed E-state index contributed by atoms with van der Waals surface area (Å²) in [6.07, 6.45) is 0.770. The van der Waals surface area contributed by atoms with Crippen LogP contribution in [0.4, 0.5) is 0 Å². The summed E-state index contributed by atoms with van der Waals surface area (Å²) in [5.74, 6) is 0.205. The van der Waals surface area contributed by atoms with Crippen molar-refractivity contribution in [3.8, 4) is 5.75 Å². The van der Waals surface area contributed by atoms with Crippen molar-refractivity contribution in [3.05, 3.63) is 29.8 Å². The van der Waals surface area contributed by atoms with Crippen LogP contribution in [-0.4, -0.2) is 11.9 Å². The number of benzene rings is 1. The molecule has 0 radical (unpaired) electrons. The van der Waals surface area contributed by atoms with E-state index in [4.69, 9.17) is 4.74 Å². The molecule has 0 atom stereocenters. The highest BCUT2D eigenvalue weighted by molar-refractivity contribution is 5.75. The highest BCUT2D eigenvalue weighted by atomic mass is 16.5. The number of esters is 1. The lowest BCUT2D eigenvalue weighted by molar-refractivity contribution is -0.134. The summed E-state index contributed by atoms with van der Waals surface area (Å²) in [6.45, 7) is 3.90. The quantitative estimate of drug-likeness (QED) is 0.627. The molecule has 0 unspecified atom stereocenters. The van der Waals surface area contributed by atoms with Gasteiger partial charge in [-0.25, -0.2) is 0 Å². The normalized spacial score (nSPS) is 9.76. The SMILES string of the molecule is CCC(=O)NCc1ccccc1OC(=O)CC. The Morgan fingerprint density at radius 2 is 1.88 bits per heavy atom. The van der Waals surface area contributed by atoms with E-state index in [0.29, 0.717) is 25.1 Å². The van der Waals surface area contributed by atoms with Gasteiger partial charge in [-0.2, -0.15) is 0 Å². The Morgan fingerprint density at radius 1 is 1.18 bits per heavy atom. The molecule has 92 valence electrons. The average Bonchev–Trinajstić information content (AvgIpc) is 2.37. The number of hydrogen-bond acceptors (Lipinski definition) is 3. The molecule has 1 rings (SSSR count). The minimum atomic E-state index is -0.278. The van der Waals surface area contributed by atoms with Crippen molar-refractivity contribution >= 4 is 11.9 Å². The first-order chi connectivity index (χ1) is 8.17. The molecule has 0 heterocycles. The molecule has 1 aromatic carbocycles. The Morgan fingerprint density at radius 3 is 2.53 bits per heavy atom. The monoisotopic (exact) mass is 235 g/mol. The van der Waals surface area contributed by atoms with Gasteiger partial charge < -0.3 is 10.1 Å². The predicted molar refractivity (Wildman–Crippen MR) is 64.5 cm³/mol. The Balaban J connectivity index is 2.70. The molecule has 0 fully saturated rings. The van der Waals surface area contributed by atoms with E-state index in [1.54, 1.807) is 26.0 Å². The second-order valence-electron chi connectivity index (χ2n) is 3.57. The maximum Gasteiger partial charge on any atom is 0.310 e. The molecule has 4 nitrogen and oxygen atoms in total. The van der Waals surface area contributed by atoms with Gasteiger partial charge in [0.1, 0.15) is 5.75 Å². The Bertz CT molecular complexity index is 401. The fourth-order valence-electron chi connectivity index (χ4n) is 1.26. The van der Waals surface area contributed by atoms with E-state index < -0.39 is 0 Å². The summed E-state index contributed by atoms with van der Waals surface area (Å²) in [5, 5.41) is 2.75. The van der Waals surface area contributed by atoms with Crippen molar-refractivity contribution in [2.24, 2.45) is 0 Å². The molecule has 0 aliphatic heterocycles. The molecule has 4 heteroatoms. The summed E-state index contributed by atoms with van der Waals surface area (Å²) >= 11 is 0. The van der Waals surface area contributed by atoms with E-state index in [1.165, 1.54) is 0 Å². The molecule has 0 bridgehead atoms. The van der Waals surface area contributed by atoms with Crippen LogP contribution in [0.2, 0.25) is 0 Å². The third-order valence-corrected chi connectivity index (χ3v) is 2.28. The molecule has 0 aliphatic carbocycles. The Hall–Kier alpha value is -1.84. The lowest BCUT2D eigenvalue weighted by Crippen LogP contribution is -2.22. The van der Waals surface area contributed by atoms with E-state index >= 15 is 0 Å². The van der Waals surface area contributed by atoms with Gasteiger partial charge in [0.25, 0.3) is 0 Å². The van der Waals surface area contributed by atoms with Gasteiger partial charge in [-0.15, -0.1) is 0 Å². The van der Waals surface area contributed by atoms with Crippen LogP contribution in [-0.2, 0) is 16.1 Å². The Labute approximate surface area is 101 Å². The van der Waals surface area contributed by atoms with Crippen LogP contribution >= 0.6 is 0 Å². The molecule has 0 saturated heterocycles. The van der Waals surface area contributed by atoms with Gasteiger partial charge in [-0.1, -0.05) is 32.0 Å². The summed E-state index contributed by atoms with van der Waals surface area (Å²) in [6, 6.07) is 7.19. The van der Waals surface area contributed by atoms with Gasteiger partial charge in [0.05, 0.1) is 0 Å². The van der Waals surface area contributed by atoms with Crippen LogP contribution < -0.4 is 10.1 Å². The molecule has 1 N–H and O–H groups in total. The van der Waals surface area contributed by atoms with Crippen LogP contribution in [0.5, 0.6) is 5.75 Å². The van der Waals surface area contributed by atoms with Crippen molar-refractivity contribution in [1.82, 2.24) is 5.32 Å². The second-order valence-corrected chi connectivity index (χ2v) is 3.57. The number of rotatable bonds is 5. The van der Waals surface area contributed by atoms with Crippen LogP contribution in [0, 0.1) is 0 Å². The molecule has 0 aliphatic rings. The van der Waals surface area contributed by atoms with Crippen LogP contribution in [0.3, 0.4) is 0 Å². The molecule has 0 saturated carbocycles. The molecule has 1 aromatic rings. The van der Waals surface area contributed by atoms with Gasteiger partial charge in [0.2, 0.25) is 5.91 Å². The van der Waals surface area contributed by atoms with Gasteiger partial charge in [0, 0.05) is 24.9 Å². The van der Waals surface area contributed by atoms with E-state index in [0.717, 1.165) is 5.56 Å². The number of amides is 1. The number of carbonyl (C=O) groups is 2. The Kier molecular flexibility index (Phi) is 5.20. The zero-order chi connectivity index (χ0) is 12.7. The van der Waals surface area contributed by atoms with Crippen molar-refractivity contribution in [2.75, 3.05) is 0 Å². The summed E-state index contributed by atoms with van der Waals surface area (Å²) in [5.41, 5.74) is 0.802. The molecule has 0 spiro atoms. The van der Waals surface area contributed by atoms with E-state index in [2.05, 4.69) is 5.32 Å². The van der Waals surface area contributed by atoms with Crippen LogP contribution in [0.1, 0.15) is 32.3 Å². The highest BCUT2D eigenvalue weighted by Crippen LogP contribution is 2.18. The van der Waals surface area contributed by atoms with Crippen molar-refractivity contribution < 1.29 is 14.3 Å². The lowest BCUT2D eigenvalue weighted by atomic mass is 10.2. The minimum absolute atomic E-state index is 0.0263. The smallest absolute Gasteiger partial charge is 0.310 e. The van der Waals surface area contributed by atoms with E-state index in [-0.39, 0.29) is 11.9 Å². The summed E-state index contributed by atoms with van der Waals surface area (Å²) < 4.78 is 5.17. The third kappa shape index (κ3) is 4.26. The minimum Gasteiger partial charge on any atom is -0.426 e. The van der Waals surface area contributed by atoms with E-state index in [9.17, 15) is 9.59 Å². The largest absolute Gasteiger partial charge is 0.426 e. The second kappa shape index (κ2) is 6.68. The molecular weight excluding hydrogens is 218 g/mol. The molecule has 0 aromatic heterocycles.